The van der Waals surface area contributed by atoms with Crippen molar-refractivity contribution >= 4 is 39.1 Å². The van der Waals surface area contributed by atoms with Crippen LogP contribution in [0.15, 0.2) is 41.4 Å². The van der Waals surface area contributed by atoms with Gasteiger partial charge < -0.3 is 10.4 Å². The van der Waals surface area contributed by atoms with Gasteiger partial charge >= 0.3 is 5.97 Å². The number of nitrogens with one attached hydrogen (secondary N) is 1. The van der Waals surface area contributed by atoms with Crippen LogP contribution in [-0.2, 0) is 9.59 Å². The maximum atomic E-state index is 11.4. The van der Waals surface area contributed by atoms with Gasteiger partial charge in [-0.25, -0.2) is 4.79 Å². The second-order valence-corrected chi connectivity index (χ2v) is 4.49. The van der Waals surface area contributed by atoms with Crippen molar-refractivity contribution in [2.45, 2.75) is 6.92 Å². The number of allylic oxidation sites excluding steroid dienone is 1. The summed E-state index contributed by atoms with van der Waals surface area (Å²) in [6.07, 6.45) is 1.74. The number of amides is 1. The minimum atomic E-state index is -1.16. The average molecular weight is 310 g/mol. The lowest BCUT2D eigenvalue weighted by Gasteiger charge is -2.07. The van der Waals surface area contributed by atoms with Crippen molar-refractivity contribution in [1.82, 2.24) is 0 Å². The van der Waals surface area contributed by atoms with Crippen LogP contribution < -0.4 is 5.32 Å². The minimum absolute atomic E-state index is 0.499. The smallest absolute Gasteiger partial charge is 0.328 e. The fourth-order valence-corrected chi connectivity index (χ4v) is 1.68. The number of halogens is 1. The molecule has 18 heavy (non-hydrogen) atoms. The van der Waals surface area contributed by atoms with E-state index in [1.54, 1.807) is 6.07 Å². The molecule has 0 saturated carbocycles. The Bertz CT molecular complexity index is 535. The second kappa shape index (κ2) is 6.16. The van der Waals surface area contributed by atoms with Crippen molar-refractivity contribution in [3.05, 3.63) is 47.0 Å². The number of hydrogen-bond donors (Lipinski definition) is 2. The normalized spacial score (nSPS) is 10.3. The molecule has 0 unspecified atom stereocenters. The second-order valence-electron chi connectivity index (χ2n) is 3.64. The monoisotopic (exact) mass is 309 g/mol. The molecule has 94 valence electrons. The molecule has 0 atom stereocenters. The largest absolute Gasteiger partial charge is 0.478 e. The van der Waals surface area contributed by atoms with Gasteiger partial charge in [-0.1, -0.05) is 18.2 Å². The van der Waals surface area contributed by atoms with Crippen molar-refractivity contribution in [1.29, 1.82) is 0 Å². The van der Waals surface area contributed by atoms with Gasteiger partial charge in [0, 0.05) is 16.6 Å². The zero-order valence-corrected chi connectivity index (χ0v) is 11.3. The number of rotatable bonds is 4. The van der Waals surface area contributed by atoms with Crippen LogP contribution in [0.4, 0.5) is 5.69 Å². The predicted octanol–water partition coefficient (Wildman–Crippen LogP) is 3.06. The minimum Gasteiger partial charge on any atom is -0.478 e. The number of hydrogen-bond acceptors (Lipinski definition) is 2. The quantitative estimate of drug-likeness (QED) is 0.840. The molecule has 0 saturated heterocycles. The number of carboxylic acid groups (broad SMARTS) is 1. The molecule has 0 radical (unpaired) electrons. The average Bonchev–Trinajstić information content (AvgIpc) is 2.29. The van der Waals surface area contributed by atoms with E-state index in [2.05, 4.69) is 27.8 Å². The van der Waals surface area contributed by atoms with Gasteiger partial charge in [0.05, 0.1) is 5.69 Å². The van der Waals surface area contributed by atoms with E-state index in [1.807, 2.05) is 19.1 Å². The van der Waals surface area contributed by atoms with Gasteiger partial charge in [-0.3, -0.25) is 4.79 Å². The summed E-state index contributed by atoms with van der Waals surface area (Å²) in [6, 6.07) is 5.38. The van der Waals surface area contributed by atoms with Crippen LogP contribution in [0, 0.1) is 0 Å². The molecule has 1 amide bonds. The van der Waals surface area contributed by atoms with E-state index in [9.17, 15) is 9.59 Å². The molecule has 0 aliphatic heterocycles. The molecule has 0 heterocycles. The Morgan fingerprint density at radius 2 is 2.06 bits per heavy atom. The molecule has 0 fully saturated rings. The zero-order chi connectivity index (χ0) is 13.7. The SMILES string of the molecule is C=C(C)c1ccc(NC(=O)C=CC(=O)O)c(Br)c1. The summed E-state index contributed by atoms with van der Waals surface area (Å²) in [5.74, 6) is -1.66. The number of benzene rings is 1. The van der Waals surface area contributed by atoms with Gasteiger partial charge in [-0.2, -0.15) is 0 Å². The maximum Gasteiger partial charge on any atom is 0.328 e. The van der Waals surface area contributed by atoms with E-state index in [-0.39, 0.29) is 0 Å². The molecule has 4 nitrogen and oxygen atoms in total. The highest BCUT2D eigenvalue weighted by atomic mass is 79.9. The number of anilines is 1. The highest BCUT2D eigenvalue weighted by molar-refractivity contribution is 9.10. The van der Waals surface area contributed by atoms with Crippen LogP contribution in [0.2, 0.25) is 0 Å². The molecule has 1 aromatic carbocycles. The van der Waals surface area contributed by atoms with Crippen LogP contribution in [0.25, 0.3) is 5.57 Å². The van der Waals surface area contributed by atoms with Gasteiger partial charge in [0.2, 0.25) is 5.91 Å². The van der Waals surface area contributed by atoms with E-state index >= 15 is 0 Å². The summed E-state index contributed by atoms with van der Waals surface area (Å²) in [4.78, 5) is 21.6. The molecule has 0 aliphatic carbocycles. The fraction of sp³-hybridized carbons (Fsp3) is 0.0769. The van der Waals surface area contributed by atoms with Crippen molar-refractivity contribution in [3.8, 4) is 0 Å². The van der Waals surface area contributed by atoms with E-state index < -0.39 is 11.9 Å². The van der Waals surface area contributed by atoms with E-state index in [1.165, 1.54) is 0 Å². The molecule has 5 heteroatoms. The van der Waals surface area contributed by atoms with Crippen molar-refractivity contribution < 1.29 is 14.7 Å². The Balaban J connectivity index is 2.83. The summed E-state index contributed by atoms with van der Waals surface area (Å²) in [7, 11) is 0. The van der Waals surface area contributed by atoms with Crippen molar-refractivity contribution in [2.24, 2.45) is 0 Å². The molecule has 0 aromatic heterocycles. The van der Waals surface area contributed by atoms with E-state index in [0.717, 1.165) is 23.3 Å². The Labute approximate surface area is 113 Å². The summed E-state index contributed by atoms with van der Waals surface area (Å²) in [5, 5.41) is 11.0. The van der Waals surface area contributed by atoms with Crippen LogP contribution in [0.1, 0.15) is 12.5 Å². The zero-order valence-electron chi connectivity index (χ0n) is 9.74. The Morgan fingerprint density at radius 1 is 1.39 bits per heavy atom. The Morgan fingerprint density at radius 3 is 2.56 bits per heavy atom. The standard InChI is InChI=1S/C13H12BrNO3/c1-8(2)9-3-4-11(10(14)7-9)15-12(16)5-6-13(17)18/h3-7H,1H2,2H3,(H,15,16)(H,17,18). The fourth-order valence-electron chi connectivity index (χ4n) is 1.20. The molecule has 1 aromatic rings. The predicted molar refractivity (Wildman–Crippen MR) is 74.3 cm³/mol. The molecule has 1 rings (SSSR count). The molecule has 0 spiro atoms. The van der Waals surface area contributed by atoms with Gasteiger partial charge in [0.25, 0.3) is 0 Å². The number of aliphatic carboxylic acids is 1. The Hall–Kier alpha value is -1.88. The highest BCUT2D eigenvalue weighted by Gasteiger charge is 2.04. The first-order valence-corrected chi connectivity index (χ1v) is 5.87. The summed E-state index contributed by atoms with van der Waals surface area (Å²) in [5.41, 5.74) is 2.44. The number of carbonyl (C=O) groups is 2. The third-order valence-electron chi connectivity index (χ3n) is 2.10. The first-order chi connectivity index (χ1) is 8.40. The van der Waals surface area contributed by atoms with E-state index in [0.29, 0.717) is 10.2 Å². The van der Waals surface area contributed by atoms with Crippen LogP contribution >= 0.6 is 15.9 Å². The molecular weight excluding hydrogens is 298 g/mol. The summed E-state index contributed by atoms with van der Waals surface area (Å²) >= 11 is 3.33. The molecular formula is C13H12BrNO3. The Kier molecular flexibility index (Phi) is 4.85. The summed E-state index contributed by atoms with van der Waals surface area (Å²) < 4.78 is 0.708. The van der Waals surface area contributed by atoms with Gasteiger partial charge in [-0.05, 0) is 40.5 Å². The van der Waals surface area contributed by atoms with Crippen LogP contribution in [0.5, 0.6) is 0 Å². The van der Waals surface area contributed by atoms with Gasteiger partial charge in [0.1, 0.15) is 0 Å². The third-order valence-corrected chi connectivity index (χ3v) is 2.75. The van der Waals surface area contributed by atoms with Crippen LogP contribution in [-0.4, -0.2) is 17.0 Å². The first kappa shape index (κ1) is 14.2. The lowest BCUT2D eigenvalue weighted by Crippen LogP contribution is -2.09. The molecule has 0 bridgehead atoms. The number of carboxylic acids is 1. The first-order valence-electron chi connectivity index (χ1n) is 5.07. The lowest BCUT2D eigenvalue weighted by atomic mass is 10.1. The number of carbonyl (C=O) groups excluding carboxylic acids is 1. The van der Waals surface area contributed by atoms with Gasteiger partial charge in [-0.15, -0.1) is 0 Å². The van der Waals surface area contributed by atoms with Gasteiger partial charge in [0.15, 0.2) is 0 Å². The lowest BCUT2D eigenvalue weighted by molar-refractivity contribution is -0.131. The van der Waals surface area contributed by atoms with Crippen molar-refractivity contribution in [3.63, 3.8) is 0 Å². The van der Waals surface area contributed by atoms with Crippen LogP contribution in [0.3, 0.4) is 0 Å². The van der Waals surface area contributed by atoms with Crippen molar-refractivity contribution in [2.75, 3.05) is 5.32 Å². The maximum absolute atomic E-state index is 11.4. The third kappa shape index (κ3) is 4.18. The topological polar surface area (TPSA) is 66.4 Å². The molecule has 2 N–H and O–H groups in total. The molecule has 0 aliphatic rings. The van der Waals surface area contributed by atoms with E-state index in [4.69, 9.17) is 5.11 Å². The summed E-state index contributed by atoms with van der Waals surface area (Å²) in [6.45, 7) is 5.71. The highest BCUT2D eigenvalue weighted by Crippen LogP contribution is 2.26.